The number of para-hydroxylation sites is 1. The number of hydrogen-bond acceptors (Lipinski definition) is 3. The largest absolute Gasteiger partial charge is 0.378 e. The molecular formula is C12H12FN3O2. The summed E-state index contributed by atoms with van der Waals surface area (Å²) >= 11 is 0. The zero-order valence-electron chi connectivity index (χ0n) is 9.65. The number of nitrogens with zero attached hydrogens (tertiary/aromatic N) is 2. The molecular weight excluding hydrogens is 237 g/mol. The molecule has 1 aliphatic rings. The fourth-order valence-corrected chi connectivity index (χ4v) is 2.09. The number of benzene rings is 1. The molecule has 0 atom stereocenters. The monoisotopic (exact) mass is 249 g/mol. The molecule has 1 aromatic carbocycles. The van der Waals surface area contributed by atoms with Gasteiger partial charge in [-0.15, -0.1) is 0 Å². The van der Waals surface area contributed by atoms with Gasteiger partial charge >= 0.3 is 0 Å². The fourth-order valence-electron chi connectivity index (χ4n) is 2.09. The first kappa shape index (κ1) is 11.2. The minimum atomic E-state index is -0.426. The minimum Gasteiger partial charge on any atom is -0.378 e. The highest BCUT2D eigenvalue weighted by Gasteiger charge is 2.22. The smallest absolute Gasteiger partial charge is 0.272 e. The number of ether oxygens (including phenoxy) is 1. The Labute approximate surface area is 103 Å². The van der Waals surface area contributed by atoms with Crippen molar-refractivity contribution in [3.63, 3.8) is 0 Å². The van der Waals surface area contributed by atoms with Crippen molar-refractivity contribution in [1.29, 1.82) is 0 Å². The Balaban J connectivity index is 1.98. The van der Waals surface area contributed by atoms with E-state index in [1.54, 1.807) is 17.0 Å². The molecule has 1 aromatic heterocycles. The Hall–Kier alpha value is -1.95. The zero-order valence-corrected chi connectivity index (χ0v) is 9.65. The van der Waals surface area contributed by atoms with E-state index in [0.717, 1.165) is 0 Å². The molecule has 0 unspecified atom stereocenters. The van der Waals surface area contributed by atoms with Crippen molar-refractivity contribution in [2.24, 2.45) is 0 Å². The molecule has 1 saturated heterocycles. The van der Waals surface area contributed by atoms with Crippen LogP contribution in [0.15, 0.2) is 18.2 Å². The molecule has 1 aliphatic heterocycles. The number of aromatic amines is 1. The number of carbonyl (C=O) groups excluding carboxylic acids is 1. The van der Waals surface area contributed by atoms with Gasteiger partial charge in [0.15, 0.2) is 5.82 Å². The van der Waals surface area contributed by atoms with Gasteiger partial charge in [0.05, 0.1) is 13.2 Å². The van der Waals surface area contributed by atoms with Crippen LogP contribution in [0.25, 0.3) is 10.9 Å². The number of amides is 1. The van der Waals surface area contributed by atoms with Crippen molar-refractivity contribution in [3.8, 4) is 0 Å². The van der Waals surface area contributed by atoms with Crippen LogP contribution in [0.2, 0.25) is 0 Å². The Morgan fingerprint density at radius 3 is 2.94 bits per heavy atom. The average molecular weight is 249 g/mol. The topological polar surface area (TPSA) is 58.2 Å². The number of rotatable bonds is 1. The van der Waals surface area contributed by atoms with E-state index in [9.17, 15) is 9.18 Å². The molecule has 1 amide bonds. The van der Waals surface area contributed by atoms with Crippen LogP contribution in [-0.2, 0) is 4.74 Å². The number of nitrogens with one attached hydrogen (secondary N) is 1. The van der Waals surface area contributed by atoms with E-state index in [2.05, 4.69) is 10.2 Å². The molecule has 94 valence electrons. The van der Waals surface area contributed by atoms with Gasteiger partial charge in [-0.25, -0.2) is 4.39 Å². The highest BCUT2D eigenvalue weighted by Crippen LogP contribution is 2.20. The van der Waals surface area contributed by atoms with Crippen molar-refractivity contribution in [1.82, 2.24) is 15.1 Å². The van der Waals surface area contributed by atoms with Gasteiger partial charge < -0.3 is 9.64 Å². The molecule has 0 bridgehead atoms. The van der Waals surface area contributed by atoms with Crippen LogP contribution < -0.4 is 0 Å². The van der Waals surface area contributed by atoms with E-state index in [1.807, 2.05) is 0 Å². The van der Waals surface area contributed by atoms with Crippen molar-refractivity contribution in [2.75, 3.05) is 26.3 Å². The second-order valence-electron chi connectivity index (χ2n) is 4.14. The standard InChI is InChI=1S/C12H12FN3O2/c13-9-3-1-2-8-10(9)14-15-11(8)12(17)16-4-6-18-7-5-16/h1-3H,4-7H2,(H,14,15). The number of halogens is 1. The van der Waals surface area contributed by atoms with Crippen molar-refractivity contribution >= 4 is 16.8 Å². The summed E-state index contributed by atoms with van der Waals surface area (Å²) in [7, 11) is 0. The molecule has 0 spiro atoms. The van der Waals surface area contributed by atoms with Crippen LogP contribution in [0.3, 0.4) is 0 Å². The highest BCUT2D eigenvalue weighted by atomic mass is 19.1. The number of fused-ring (bicyclic) bond motifs is 1. The van der Waals surface area contributed by atoms with Crippen LogP contribution in [0.4, 0.5) is 4.39 Å². The molecule has 3 rings (SSSR count). The summed E-state index contributed by atoms with van der Waals surface area (Å²) in [5.41, 5.74) is 0.542. The Kier molecular flexibility index (Phi) is 2.71. The zero-order chi connectivity index (χ0) is 12.5. The van der Waals surface area contributed by atoms with Gasteiger partial charge in [0.1, 0.15) is 11.2 Å². The maximum atomic E-state index is 13.5. The summed E-state index contributed by atoms with van der Waals surface area (Å²) in [6.07, 6.45) is 0. The van der Waals surface area contributed by atoms with E-state index in [1.165, 1.54) is 6.07 Å². The number of H-pyrrole nitrogens is 1. The van der Waals surface area contributed by atoms with Gasteiger partial charge in [-0.3, -0.25) is 9.89 Å². The second kappa shape index (κ2) is 4.38. The van der Waals surface area contributed by atoms with E-state index < -0.39 is 5.82 Å². The van der Waals surface area contributed by atoms with E-state index in [-0.39, 0.29) is 11.4 Å². The third kappa shape index (κ3) is 1.74. The van der Waals surface area contributed by atoms with Gasteiger partial charge in [-0.2, -0.15) is 5.10 Å². The van der Waals surface area contributed by atoms with Crippen molar-refractivity contribution < 1.29 is 13.9 Å². The molecule has 2 aromatic rings. The number of hydrogen-bond donors (Lipinski definition) is 1. The number of morpholine rings is 1. The quantitative estimate of drug-likeness (QED) is 0.825. The lowest BCUT2D eigenvalue weighted by Gasteiger charge is -2.26. The number of carbonyl (C=O) groups is 1. The molecule has 0 saturated carbocycles. The average Bonchev–Trinajstić information content (AvgIpc) is 2.84. The predicted octanol–water partition coefficient (Wildman–Crippen LogP) is 1.17. The molecule has 0 radical (unpaired) electrons. The summed E-state index contributed by atoms with van der Waals surface area (Å²) in [5, 5.41) is 7.00. The van der Waals surface area contributed by atoms with Crippen LogP contribution in [0, 0.1) is 5.82 Å². The van der Waals surface area contributed by atoms with Crippen LogP contribution in [0.5, 0.6) is 0 Å². The Bertz CT molecular complexity index is 590. The van der Waals surface area contributed by atoms with Gasteiger partial charge in [0.25, 0.3) is 5.91 Å². The van der Waals surface area contributed by atoms with Crippen molar-refractivity contribution in [3.05, 3.63) is 29.7 Å². The first-order valence-electron chi connectivity index (χ1n) is 5.77. The summed E-state index contributed by atoms with van der Waals surface area (Å²) in [4.78, 5) is 13.9. The lowest BCUT2D eigenvalue weighted by molar-refractivity contribution is 0.0300. The second-order valence-corrected chi connectivity index (χ2v) is 4.14. The third-order valence-corrected chi connectivity index (χ3v) is 3.05. The van der Waals surface area contributed by atoms with Gasteiger partial charge in [0, 0.05) is 18.5 Å². The summed E-state index contributed by atoms with van der Waals surface area (Å²) < 4.78 is 18.7. The van der Waals surface area contributed by atoms with Crippen LogP contribution in [-0.4, -0.2) is 47.3 Å². The third-order valence-electron chi connectivity index (χ3n) is 3.05. The predicted molar refractivity (Wildman–Crippen MR) is 62.8 cm³/mol. The first-order chi connectivity index (χ1) is 8.77. The molecule has 1 N–H and O–H groups in total. The first-order valence-corrected chi connectivity index (χ1v) is 5.77. The fraction of sp³-hybridized carbons (Fsp3) is 0.333. The molecule has 6 heteroatoms. The molecule has 1 fully saturated rings. The van der Waals surface area contributed by atoms with E-state index in [4.69, 9.17) is 4.74 Å². The Morgan fingerprint density at radius 1 is 1.39 bits per heavy atom. The summed E-state index contributed by atoms with van der Waals surface area (Å²) in [6, 6.07) is 4.59. The van der Waals surface area contributed by atoms with Crippen LogP contribution in [0.1, 0.15) is 10.5 Å². The summed E-state index contributed by atoms with van der Waals surface area (Å²) in [5.74, 6) is -0.587. The van der Waals surface area contributed by atoms with E-state index >= 15 is 0 Å². The maximum absolute atomic E-state index is 13.5. The molecule has 5 nitrogen and oxygen atoms in total. The number of aromatic nitrogens is 2. The molecule has 2 heterocycles. The normalized spacial score (nSPS) is 16.2. The van der Waals surface area contributed by atoms with Crippen molar-refractivity contribution in [2.45, 2.75) is 0 Å². The lowest BCUT2D eigenvalue weighted by atomic mass is 10.2. The van der Waals surface area contributed by atoms with Gasteiger partial charge in [-0.1, -0.05) is 12.1 Å². The molecule has 0 aliphatic carbocycles. The van der Waals surface area contributed by atoms with Gasteiger partial charge in [0.2, 0.25) is 0 Å². The Morgan fingerprint density at radius 2 is 2.17 bits per heavy atom. The highest BCUT2D eigenvalue weighted by molar-refractivity contribution is 6.04. The maximum Gasteiger partial charge on any atom is 0.272 e. The van der Waals surface area contributed by atoms with E-state index in [0.29, 0.717) is 37.4 Å². The minimum absolute atomic E-state index is 0.161. The van der Waals surface area contributed by atoms with Crippen LogP contribution >= 0.6 is 0 Å². The summed E-state index contributed by atoms with van der Waals surface area (Å²) in [6.45, 7) is 2.17. The molecule has 18 heavy (non-hydrogen) atoms. The van der Waals surface area contributed by atoms with Gasteiger partial charge in [-0.05, 0) is 6.07 Å². The lowest BCUT2D eigenvalue weighted by Crippen LogP contribution is -2.40. The SMILES string of the molecule is O=C(c1[nH]nc2c(F)cccc12)N1CCOCC1.